The van der Waals surface area contributed by atoms with Crippen molar-refractivity contribution >= 4 is 47.3 Å². The lowest BCUT2D eigenvalue weighted by molar-refractivity contribution is 0.594. The maximum Gasteiger partial charge on any atom is 0.207 e. The molecule has 1 heterocycles. The molecule has 0 saturated heterocycles. The highest BCUT2D eigenvalue weighted by Crippen LogP contribution is 2.44. The molecule has 19 heavy (non-hydrogen) atoms. The summed E-state index contributed by atoms with van der Waals surface area (Å²) in [4.78, 5) is 0.695. The van der Waals surface area contributed by atoms with E-state index in [-0.39, 0.29) is 0 Å². The molecule has 0 amide bonds. The smallest absolute Gasteiger partial charge is 0.207 e. The summed E-state index contributed by atoms with van der Waals surface area (Å²) in [5.74, 6) is 0. The Morgan fingerprint density at radius 1 is 0.789 bits per heavy atom. The minimum atomic E-state index is -3.44. The van der Waals surface area contributed by atoms with Crippen LogP contribution in [0, 0.1) is 0 Å². The average molecular weight is 400 g/mol. The van der Waals surface area contributed by atoms with Crippen LogP contribution in [-0.2, 0) is 9.84 Å². The van der Waals surface area contributed by atoms with Gasteiger partial charge in [0.15, 0.2) is 0 Å². The van der Waals surface area contributed by atoms with Crippen LogP contribution in [0.3, 0.4) is 0 Å². The van der Waals surface area contributed by atoms with Crippen molar-refractivity contribution in [2.45, 2.75) is 9.79 Å². The quantitative estimate of drug-likeness (QED) is 0.563. The van der Waals surface area contributed by atoms with E-state index in [2.05, 4.69) is 31.9 Å². The Labute approximate surface area is 128 Å². The largest absolute Gasteiger partial charge is 0.218 e. The number of hydrogen-bond donors (Lipinski definition) is 0. The van der Waals surface area contributed by atoms with Crippen molar-refractivity contribution < 1.29 is 8.42 Å². The molecule has 0 aromatic heterocycles. The molecule has 0 aliphatic carbocycles. The number of halogens is 2. The third-order valence-corrected chi connectivity index (χ3v) is 5.74. The Balaban J connectivity index is 2.52. The van der Waals surface area contributed by atoms with E-state index < -0.39 is 9.84 Å². The van der Waals surface area contributed by atoms with Crippen LogP contribution in [0.15, 0.2) is 61.7 Å². The first-order valence-electron chi connectivity index (χ1n) is 5.52. The molecule has 0 fully saturated rings. The van der Waals surface area contributed by atoms with Gasteiger partial charge in [0.05, 0.1) is 13.2 Å². The molecule has 0 unspecified atom stereocenters. The molecule has 0 saturated carbocycles. The van der Waals surface area contributed by atoms with Crippen molar-refractivity contribution in [2.24, 2.45) is 0 Å². The molecule has 0 spiro atoms. The first-order chi connectivity index (χ1) is 9.03. The number of benzene rings is 2. The van der Waals surface area contributed by atoms with Crippen LogP contribution < -0.4 is 0 Å². The van der Waals surface area contributed by atoms with Gasteiger partial charge in [-0.2, -0.15) is 0 Å². The molecule has 0 atom stereocenters. The molecule has 0 bridgehead atoms. The summed E-state index contributed by atoms with van der Waals surface area (Å²) in [6.07, 6.45) is 0. The van der Waals surface area contributed by atoms with Crippen molar-refractivity contribution in [3.05, 3.63) is 63.0 Å². The van der Waals surface area contributed by atoms with Gasteiger partial charge >= 0.3 is 0 Å². The second-order valence-corrected chi connectivity index (χ2v) is 8.67. The zero-order valence-corrected chi connectivity index (χ0v) is 13.6. The fraction of sp³-hybridized carbons (Fsp3) is 0. The summed E-state index contributed by atoms with van der Waals surface area (Å²) in [6, 6.07) is 14.1. The second-order valence-electron chi connectivity index (χ2n) is 4.13. The molecule has 0 radical (unpaired) electrons. The second kappa shape index (κ2) is 4.58. The lowest BCUT2D eigenvalue weighted by Gasteiger charge is -2.22. The normalized spacial score (nSPS) is 15.6. The predicted molar refractivity (Wildman–Crippen MR) is 82.2 cm³/mol. The molecular formula is C14H8Br2O2S. The number of rotatable bonds is 0. The van der Waals surface area contributed by atoms with Crippen molar-refractivity contribution in [1.29, 1.82) is 0 Å². The Bertz CT molecular complexity index is 748. The first-order valence-corrected chi connectivity index (χ1v) is 8.59. The van der Waals surface area contributed by atoms with Gasteiger partial charge in [-0.05, 0) is 44.0 Å². The van der Waals surface area contributed by atoms with E-state index in [4.69, 9.17) is 0 Å². The maximum absolute atomic E-state index is 12.6. The van der Waals surface area contributed by atoms with Crippen molar-refractivity contribution in [1.82, 2.24) is 0 Å². The van der Waals surface area contributed by atoms with E-state index in [0.29, 0.717) is 20.9 Å². The van der Waals surface area contributed by atoms with Crippen molar-refractivity contribution in [3.8, 4) is 0 Å². The Morgan fingerprint density at radius 3 is 1.63 bits per heavy atom. The van der Waals surface area contributed by atoms with Gasteiger partial charge in [0, 0.05) is 16.7 Å². The SMILES string of the molecule is O=S1(=O)c2ccccc2C(=C(Br)Br)c2ccccc21. The summed E-state index contributed by atoms with van der Waals surface area (Å²) >= 11 is 6.83. The maximum atomic E-state index is 12.6. The Morgan fingerprint density at radius 2 is 1.21 bits per heavy atom. The zero-order chi connectivity index (χ0) is 13.6. The fourth-order valence-corrected chi connectivity index (χ4v) is 4.81. The summed E-state index contributed by atoms with van der Waals surface area (Å²) in [5, 5.41) is 0. The number of hydrogen-bond acceptors (Lipinski definition) is 2. The monoisotopic (exact) mass is 398 g/mol. The molecule has 1 aliphatic heterocycles. The third kappa shape index (κ3) is 1.91. The van der Waals surface area contributed by atoms with Crippen molar-refractivity contribution in [2.75, 3.05) is 0 Å². The van der Waals surface area contributed by atoms with Crippen LogP contribution in [0.4, 0.5) is 0 Å². The van der Waals surface area contributed by atoms with Gasteiger partial charge in [0.1, 0.15) is 0 Å². The van der Waals surface area contributed by atoms with E-state index in [9.17, 15) is 8.42 Å². The van der Waals surface area contributed by atoms with Gasteiger partial charge in [-0.3, -0.25) is 0 Å². The summed E-state index contributed by atoms with van der Waals surface area (Å²) in [7, 11) is -3.44. The molecule has 96 valence electrons. The van der Waals surface area contributed by atoms with Gasteiger partial charge < -0.3 is 0 Å². The predicted octanol–water partition coefficient (Wildman–Crippen LogP) is 4.34. The van der Waals surface area contributed by atoms with Gasteiger partial charge in [0.2, 0.25) is 9.84 Å². The standard InChI is InChI=1S/C14H8Br2O2S/c15-14(16)13-9-5-1-3-7-11(9)19(17,18)12-8-4-2-6-10(12)13/h1-8H. The van der Waals surface area contributed by atoms with E-state index in [0.717, 1.165) is 8.96 Å². The van der Waals surface area contributed by atoms with Gasteiger partial charge in [0.25, 0.3) is 0 Å². The first kappa shape index (κ1) is 13.1. The molecule has 2 aromatic carbocycles. The minimum Gasteiger partial charge on any atom is -0.218 e. The van der Waals surface area contributed by atoms with Crippen LogP contribution in [0.1, 0.15) is 11.1 Å². The minimum absolute atomic E-state index is 0.347. The van der Waals surface area contributed by atoms with E-state index in [1.807, 2.05) is 24.3 Å². The highest BCUT2D eigenvalue weighted by Gasteiger charge is 2.32. The molecule has 1 aliphatic rings. The average Bonchev–Trinajstić information content (AvgIpc) is 2.39. The van der Waals surface area contributed by atoms with E-state index >= 15 is 0 Å². The lowest BCUT2D eigenvalue weighted by atomic mass is 9.99. The summed E-state index contributed by atoms with van der Waals surface area (Å²) in [5.41, 5.74) is 2.29. The number of sulfone groups is 1. The zero-order valence-electron chi connectivity index (χ0n) is 9.60. The highest BCUT2D eigenvalue weighted by atomic mass is 79.9. The molecule has 5 heteroatoms. The molecular weight excluding hydrogens is 392 g/mol. The summed E-state index contributed by atoms with van der Waals surface area (Å²) < 4.78 is 26.0. The fourth-order valence-electron chi connectivity index (χ4n) is 2.28. The van der Waals surface area contributed by atoms with Crippen LogP contribution in [0.25, 0.3) is 5.57 Å². The van der Waals surface area contributed by atoms with Gasteiger partial charge in [-0.1, -0.05) is 36.4 Å². The lowest BCUT2D eigenvalue weighted by Crippen LogP contribution is -2.13. The van der Waals surface area contributed by atoms with Crippen LogP contribution in [0.2, 0.25) is 0 Å². The van der Waals surface area contributed by atoms with Gasteiger partial charge in [-0.15, -0.1) is 0 Å². The Hall–Kier alpha value is -0.910. The van der Waals surface area contributed by atoms with Crippen LogP contribution >= 0.6 is 31.9 Å². The van der Waals surface area contributed by atoms with E-state index in [1.165, 1.54) is 0 Å². The molecule has 0 N–H and O–H groups in total. The topological polar surface area (TPSA) is 34.1 Å². The Kier molecular flexibility index (Phi) is 3.15. The third-order valence-electron chi connectivity index (χ3n) is 3.08. The number of fused-ring (bicyclic) bond motifs is 2. The van der Waals surface area contributed by atoms with E-state index in [1.54, 1.807) is 24.3 Å². The molecule has 2 aromatic rings. The van der Waals surface area contributed by atoms with Crippen LogP contribution in [0.5, 0.6) is 0 Å². The van der Waals surface area contributed by atoms with Gasteiger partial charge in [-0.25, -0.2) is 8.42 Å². The summed E-state index contributed by atoms with van der Waals surface area (Å²) in [6.45, 7) is 0. The van der Waals surface area contributed by atoms with Crippen LogP contribution in [-0.4, -0.2) is 8.42 Å². The molecule has 2 nitrogen and oxygen atoms in total. The van der Waals surface area contributed by atoms with Crippen molar-refractivity contribution in [3.63, 3.8) is 0 Å². The molecule has 3 rings (SSSR count). The highest BCUT2D eigenvalue weighted by molar-refractivity contribution is 9.28.